The fourth-order valence-electron chi connectivity index (χ4n) is 2.33. The average Bonchev–Trinajstić information content (AvgIpc) is 2.99. The van der Waals surface area contributed by atoms with Gasteiger partial charge in [0.2, 0.25) is 0 Å². The number of hydrogen-bond acceptors (Lipinski definition) is 4. The molecule has 0 saturated carbocycles. The fraction of sp³-hybridized carbons (Fsp3) is 0.462. The highest BCUT2D eigenvalue weighted by molar-refractivity contribution is 5.28. The van der Waals surface area contributed by atoms with E-state index in [4.69, 9.17) is 4.74 Å². The van der Waals surface area contributed by atoms with Gasteiger partial charge in [-0.3, -0.25) is 0 Å². The first-order valence-corrected chi connectivity index (χ1v) is 6.48. The molecule has 100 valence electrons. The number of hydrogen-bond donors (Lipinski definition) is 0. The molecule has 1 aromatic carbocycles. The van der Waals surface area contributed by atoms with Gasteiger partial charge in [-0.15, -0.1) is 0 Å². The maximum Gasteiger partial charge on any atom is 0.368 e. The van der Waals surface area contributed by atoms with Gasteiger partial charge in [-0.1, -0.05) is 18.2 Å². The van der Waals surface area contributed by atoms with E-state index in [0.717, 1.165) is 18.5 Å². The molecule has 1 aliphatic heterocycles. The minimum Gasteiger partial charge on any atom is -0.373 e. The maximum absolute atomic E-state index is 12.2. The summed E-state index contributed by atoms with van der Waals surface area (Å²) in [5, 5.41) is 7.83. The van der Waals surface area contributed by atoms with Crippen molar-refractivity contribution < 1.29 is 4.74 Å². The molecule has 0 N–H and O–H groups in total. The second-order valence-corrected chi connectivity index (χ2v) is 4.84. The minimum absolute atomic E-state index is 0.0635. The van der Waals surface area contributed by atoms with Crippen LogP contribution in [0.15, 0.2) is 35.1 Å². The van der Waals surface area contributed by atoms with Gasteiger partial charge in [0.05, 0.1) is 24.4 Å². The van der Waals surface area contributed by atoms with Crippen LogP contribution in [0.4, 0.5) is 0 Å². The molecule has 3 rings (SSSR count). The monoisotopic (exact) mass is 260 g/mol. The largest absolute Gasteiger partial charge is 0.373 e. The first kappa shape index (κ1) is 12.1. The van der Waals surface area contributed by atoms with Crippen molar-refractivity contribution in [2.75, 3.05) is 0 Å². The molecule has 1 saturated heterocycles. The zero-order valence-corrected chi connectivity index (χ0v) is 10.8. The zero-order valence-electron chi connectivity index (χ0n) is 10.8. The first-order chi connectivity index (χ1) is 9.24. The van der Waals surface area contributed by atoms with Crippen LogP contribution >= 0.6 is 0 Å². The second kappa shape index (κ2) is 4.97. The highest BCUT2D eigenvalue weighted by Crippen LogP contribution is 2.19. The van der Waals surface area contributed by atoms with E-state index in [2.05, 4.69) is 10.4 Å². The van der Waals surface area contributed by atoms with Crippen LogP contribution in [0.5, 0.6) is 0 Å². The number of rotatable bonds is 3. The molecule has 19 heavy (non-hydrogen) atoms. The normalized spacial score (nSPS) is 22.8. The van der Waals surface area contributed by atoms with Gasteiger partial charge in [0.25, 0.3) is 0 Å². The predicted molar refractivity (Wildman–Crippen MR) is 69.2 cm³/mol. The van der Waals surface area contributed by atoms with E-state index in [1.165, 1.54) is 9.36 Å². The topological polar surface area (TPSA) is 61.9 Å². The van der Waals surface area contributed by atoms with Gasteiger partial charge in [0.1, 0.15) is 0 Å². The van der Waals surface area contributed by atoms with Crippen LogP contribution in [0.3, 0.4) is 0 Å². The Bertz CT molecular complexity index is 605. The Morgan fingerprint density at radius 3 is 2.74 bits per heavy atom. The number of para-hydroxylation sites is 1. The summed E-state index contributed by atoms with van der Waals surface area (Å²) < 4.78 is 8.37. The lowest BCUT2D eigenvalue weighted by Crippen LogP contribution is -2.29. The molecule has 1 fully saturated rings. The van der Waals surface area contributed by atoms with Crippen molar-refractivity contribution in [2.45, 2.75) is 38.5 Å². The van der Waals surface area contributed by atoms with Gasteiger partial charge in [-0.2, -0.15) is 9.36 Å². The molecule has 0 radical (unpaired) electrons. The second-order valence-electron chi connectivity index (χ2n) is 4.84. The van der Waals surface area contributed by atoms with Crippen molar-refractivity contribution in [3.05, 3.63) is 40.8 Å². The number of tetrazole rings is 1. The third kappa shape index (κ3) is 2.44. The van der Waals surface area contributed by atoms with Crippen molar-refractivity contribution in [3.63, 3.8) is 0 Å². The fourth-order valence-corrected chi connectivity index (χ4v) is 2.33. The van der Waals surface area contributed by atoms with Crippen LogP contribution in [0, 0.1) is 0 Å². The molecule has 6 heteroatoms. The highest BCUT2D eigenvalue weighted by atomic mass is 16.5. The van der Waals surface area contributed by atoms with Gasteiger partial charge < -0.3 is 4.74 Å². The molecule has 2 aromatic rings. The zero-order chi connectivity index (χ0) is 13.2. The Morgan fingerprint density at radius 2 is 2.05 bits per heavy atom. The Morgan fingerprint density at radius 1 is 1.26 bits per heavy atom. The Balaban J connectivity index is 1.82. The first-order valence-electron chi connectivity index (χ1n) is 6.48. The molecule has 0 aliphatic carbocycles. The third-order valence-electron chi connectivity index (χ3n) is 3.34. The Labute approximate surface area is 110 Å². The van der Waals surface area contributed by atoms with Crippen LogP contribution in [0.25, 0.3) is 5.69 Å². The summed E-state index contributed by atoms with van der Waals surface area (Å²) in [7, 11) is 0. The number of ether oxygens (including phenoxy) is 1. The molecule has 6 nitrogen and oxygen atoms in total. The van der Waals surface area contributed by atoms with Crippen molar-refractivity contribution in [1.82, 2.24) is 19.8 Å². The summed E-state index contributed by atoms with van der Waals surface area (Å²) in [5.41, 5.74) is 0.494. The Hall–Kier alpha value is -1.95. The van der Waals surface area contributed by atoms with Crippen LogP contribution < -0.4 is 5.69 Å². The van der Waals surface area contributed by atoms with E-state index in [1.54, 1.807) is 0 Å². The lowest BCUT2D eigenvalue weighted by atomic mass is 10.2. The summed E-state index contributed by atoms with van der Waals surface area (Å²) in [6, 6.07) is 9.28. The standard InChI is InChI=1S/C13H16N4O2/c1-10-7-8-12(19-10)9-16-13(18)17(15-14-16)11-5-3-2-4-6-11/h2-6,10,12H,7-9H2,1H3/t10-,12-/m0/s1. The molecule has 1 aromatic heterocycles. The van der Waals surface area contributed by atoms with E-state index in [1.807, 2.05) is 37.3 Å². The molecule has 0 unspecified atom stereocenters. The average molecular weight is 260 g/mol. The van der Waals surface area contributed by atoms with E-state index in [0.29, 0.717) is 6.54 Å². The van der Waals surface area contributed by atoms with Gasteiger partial charge in [0.15, 0.2) is 0 Å². The van der Waals surface area contributed by atoms with E-state index in [9.17, 15) is 4.79 Å². The Kier molecular flexibility index (Phi) is 3.16. The van der Waals surface area contributed by atoms with Crippen molar-refractivity contribution in [3.8, 4) is 5.69 Å². The molecule has 2 heterocycles. The van der Waals surface area contributed by atoms with Crippen LogP contribution in [0.1, 0.15) is 19.8 Å². The van der Waals surface area contributed by atoms with E-state index in [-0.39, 0.29) is 17.9 Å². The molecule has 0 spiro atoms. The molecule has 2 atom stereocenters. The van der Waals surface area contributed by atoms with Crippen LogP contribution in [0.2, 0.25) is 0 Å². The van der Waals surface area contributed by atoms with E-state index >= 15 is 0 Å². The summed E-state index contributed by atoms with van der Waals surface area (Å²) in [5.74, 6) is 0. The van der Waals surface area contributed by atoms with Gasteiger partial charge in [-0.25, -0.2) is 4.79 Å². The summed E-state index contributed by atoms with van der Waals surface area (Å²) in [6.07, 6.45) is 2.33. The van der Waals surface area contributed by atoms with Gasteiger partial charge in [0, 0.05) is 0 Å². The number of nitrogens with zero attached hydrogens (tertiary/aromatic N) is 4. The van der Waals surface area contributed by atoms with Crippen molar-refractivity contribution >= 4 is 0 Å². The lowest BCUT2D eigenvalue weighted by molar-refractivity contribution is 0.0427. The molecule has 1 aliphatic rings. The van der Waals surface area contributed by atoms with Gasteiger partial charge >= 0.3 is 5.69 Å². The number of aromatic nitrogens is 4. The molecule has 0 bridgehead atoms. The van der Waals surface area contributed by atoms with Crippen molar-refractivity contribution in [1.29, 1.82) is 0 Å². The minimum atomic E-state index is -0.227. The van der Waals surface area contributed by atoms with Crippen LogP contribution in [-0.4, -0.2) is 32.0 Å². The lowest BCUT2D eigenvalue weighted by Gasteiger charge is -2.09. The number of benzene rings is 1. The maximum atomic E-state index is 12.2. The quantitative estimate of drug-likeness (QED) is 0.826. The molecule has 0 amide bonds. The molecular formula is C13H16N4O2. The predicted octanol–water partition coefficient (Wildman–Crippen LogP) is 0.996. The van der Waals surface area contributed by atoms with Crippen molar-refractivity contribution in [2.24, 2.45) is 0 Å². The third-order valence-corrected chi connectivity index (χ3v) is 3.34. The van der Waals surface area contributed by atoms with Gasteiger partial charge in [-0.05, 0) is 42.3 Å². The highest BCUT2D eigenvalue weighted by Gasteiger charge is 2.23. The van der Waals surface area contributed by atoms with Crippen LogP contribution in [-0.2, 0) is 11.3 Å². The summed E-state index contributed by atoms with van der Waals surface area (Å²) in [4.78, 5) is 12.2. The smallest absolute Gasteiger partial charge is 0.368 e. The van der Waals surface area contributed by atoms with E-state index < -0.39 is 0 Å². The summed E-state index contributed by atoms with van der Waals surface area (Å²) in [6.45, 7) is 2.51. The molecular weight excluding hydrogens is 244 g/mol. The summed E-state index contributed by atoms with van der Waals surface area (Å²) >= 11 is 0. The SMILES string of the molecule is C[C@H]1CC[C@@H](Cn2nnn(-c3ccccc3)c2=O)O1.